The van der Waals surface area contributed by atoms with Gasteiger partial charge in [-0.05, 0) is 79.9 Å². The van der Waals surface area contributed by atoms with Crippen LogP contribution in [0.15, 0.2) is 57.5 Å². The van der Waals surface area contributed by atoms with Crippen LogP contribution in [0.4, 0.5) is 26.3 Å². The summed E-state index contributed by atoms with van der Waals surface area (Å²) in [5, 5.41) is 40.6. The fourth-order valence-electron chi connectivity index (χ4n) is 6.70. The predicted molar refractivity (Wildman–Crippen MR) is 189 cm³/mol. The molecule has 0 aromatic heterocycles. The van der Waals surface area contributed by atoms with E-state index in [4.69, 9.17) is 4.74 Å². The van der Waals surface area contributed by atoms with Crippen molar-refractivity contribution in [2.45, 2.75) is 11.3 Å². The highest BCUT2D eigenvalue weighted by Gasteiger charge is 2.82. The van der Waals surface area contributed by atoms with Crippen LogP contribution < -0.4 is 9.47 Å². The minimum absolute atomic E-state index is 0.0114. The van der Waals surface area contributed by atoms with Crippen molar-refractivity contribution in [3.05, 3.63) is 125 Å². The molecule has 1 atom stereocenters. The number of alkyl halides is 2. The van der Waals surface area contributed by atoms with Gasteiger partial charge in [0, 0.05) is 5.56 Å². The zero-order valence-corrected chi connectivity index (χ0v) is 32.8. The van der Waals surface area contributed by atoms with Crippen molar-refractivity contribution in [2.75, 3.05) is 0 Å². The van der Waals surface area contributed by atoms with Crippen molar-refractivity contribution >= 4 is 91.6 Å². The number of hydrogen-bond acceptors (Lipinski definition) is 14. The number of hydrogen-bond donors (Lipinski definition) is 4. The summed E-state index contributed by atoms with van der Waals surface area (Å²) in [6.45, 7) is 0. The molecule has 18 nitrogen and oxygen atoms in total. The third kappa shape index (κ3) is 6.38. The maximum absolute atomic E-state index is 16.8. The number of carboxylic acids is 4. The molecule has 1 unspecified atom stereocenters. The molecule has 26 heteroatoms. The van der Waals surface area contributed by atoms with E-state index in [0.717, 1.165) is 18.2 Å². The fraction of sp³-hybridized carbons (Fsp3) is 0.0811. The highest BCUT2D eigenvalue weighted by molar-refractivity contribution is 9.11. The molecule has 0 amide bonds. The molecule has 0 spiro atoms. The number of carboxylic acid groups (broad SMARTS) is 4. The number of ether oxygens (including phenoxy) is 4. The summed E-state index contributed by atoms with van der Waals surface area (Å²) < 4.78 is 114. The van der Waals surface area contributed by atoms with Crippen LogP contribution in [0, 0.1) is 28.7 Å². The van der Waals surface area contributed by atoms with Crippen LogP contribution in [0.3, 0.4) is 0 Å². The molecule has 4 aromatic rings. The quantitative estimate of drug-likeness (QED) is 0.0473. The van der Waals surface area contributed by atoms with Crippen molar-refractivity contribution in [1.29, 1.82) is 0 Å². The Balaban J connectivity index is 1.60. The SMILES string of the molecule is O=C(Oc1ccc(C(c2c(F)c(F)c(OC(=O)c3ccc4c(c3F)C(=O)OC4=O)c(Br)c2F)(C(F)(F)C(=O)O)C(C(=O)O)(C(=O)O)C(=O)O)cc1Br)c1ccc2c(c1)C(=O)OC2=O. The van der Waals surface area contributed by atoms with Gasteiger partial charge in [-0.1, -0.05) is 6.07 Å². The van der Waals surface area contributed by atoms with Crippen LogP contribution in [0.2, 0.25) is 0 Å². The Hall–Kier alpha value is -7.48. The van der Waals surface area contributed by atoms with Gasteiger partial charge in [0.1, 0.15) is 22.5 Å². The van der Waals surface area contributed by atoms with Gasteiger partial charge in [-0.25, -0.2) is 46.7 Å². The Morgan fingerprint density at radius 2 is 1.14 bits per heavy atom. The third-order valence-electron chi connectivity index (χ3n) is 9.48. The zero-order chi connectivity index (χ0) is 47.0. The van der Waals surface area contributed by atoms with E-state index >= 15 is 26.3 Å². The van der Waals surface area contributed by atoms with E-state index in [0.29, 0.717) is 18.2 Å². The lowest BCUT2D eigenvalue weighted by molar-refractivity contribution is -0.204. The van der Waals surface area contributed by atoms with E-state index in [1.807, 2.05) is 0 Å². The molecule has 2 aliphatic heterocycles. The minimum Gasteiger partial charge on any atom is -0.480 e. The second-order valence-electron chi connectivity index (χ2n) is 12.6. The molecule has 0 fully saturated rings. The average Bonchev–Trinajstić information content (AvgIpc) is 3.66. The number of halogens is 8. The number of esters is 6. The highest BCUT2D eigenvalue weighted by atomic mass is 79.9. The number of carbonyl (C=O) groups excluding carboxylic acids is 6. The number of aliphatic carboxylic acids is 4. The molecule has 6 rings (SSSR count). The number of fused-ring (bicyclic) bond motifs is 2. The first kappa shape index (κ1) is 45.1. The molecule has 0 radical (unpaired) electrons. The van der Waals surface area contributed by atoms with E-state index in [9.17, 15) is 68.4 Å². The number of carbonyl (C=O) groups is 10. The van der Waals surface area contributed by atoms with Crippen molar-refractivity contribution in [3.8, 4) is 11.5 Å². The molecule has 63 heavy (non-hydrogen) atoms. The minimum atomic E-state index is -6.42. The fourth-order valence-corrected chi connectivity index (χ4v) is 7.61. The van der Waals surface area contributed by atoms with E-state index in [1.165, 1.54) is 0 Å². The molecule has 324 valence electrons. The van der Waals surface area contributed by atoms with Gasteiger partial charge in [-0.3, -0.25) is 14.4 Å². The second-order valence-corrected chi connectivity index (χ2v) is 14.3. The van der Waals surface area contributed by atoms with Crippen LogP contribution in [0.1, 0.15) is 73.3 Å². The van der Waals surface area contributed by atoms with E-state index in [1.54, 1.807) is 0 Å². The van der Waals surface area contributed by atoms with Crippen molar-refractivity contribution in [2.24, 2.45) is 5.41 Å². The zero-order valence-electron chi connectivity index (χ0n) is 29.6. The van der Waals surface area contributed by atoms with Crippen LogP contribution >= 0.6 is 31.9 Å². The molecule has 0 aliphatic carbocycles. The van der Waals surface area contributed by atoms with Crippen LogP contribution in [0.5, 0.6) is 11.5 Å². The van der Waals surface area contributed by atoms with Crippen LogP contribution in [0.25, 0.3) is 0 Å². The molecule has 2 heterocycles. The average molecular weight is 1020 g/mol. The number of rotatable bonds is 12. The van der Waals surface area contributed by atoms with Crippen LogP contribution in [-0.4, -0.2) is 86.0 Å². The number of cyclic esters (lactones) is 4. The summed E-state index contributed by atoms with van der Waals surface area (Å²) >= 11 is 4.91. The van der Waals surface area contributed by atoms with Crippen molar-refractivity contribution < 1.29 is 114 Å². The molecule has 0 saturated carbocycles. The predicted octanol–water partition coefficient (Wildman–Crippen LogP) is 5.07. The normalized spacial score (nSPS) is 14.2. The lowest BCUT2D eigenvalue weighted by atomic mass is 9.52. The Kier molecular flexibility index (Phi) is 11.1. The number of benzene rings is 4. The topological polar surface area (TPSA) is 289 Å². The first-order valence-corrected chi connectivity index (χ1v) is 17.8. The van der Waals surface area contributed by atoms with Crippen molar-refractivity contribution in [1.82, 2.24) is 0 Å². The lowest BCUT2D eigenvalue weighted by Crippen LogP contribution is -2.70. The first-order chi connectivity index (χ1) is 29.3. The smallest absolute Gasteiger partial charge is 0.376 e. The first-order valence-electron chi connectivity index (χ1n) is 16.2. The van der Waals surface area contributed by atoms with E-state index < -0.39 is 159 Å². The maximum Gasteiger partial charge on any atom is 0.376 e. The van der Waals surface area contributed by atoms with Crippen LogP contribution in [-0.2, 0) is 34.1 Å². The van der Waals surface area contributed by atoms with Crippen molar-refractivity contribution in [3.63, 3.8) is 0 Å². The van der Waals surface area contributed by atoms with Gasteiger partial charge in [0.2, 0.25) is 5.82 Å². The molecule has 4 aromatic carbocycles. The van der Waals surface area contributed by atoms with Gasteiger partial charge in [-0.2, -0.15) is 13.2 Å². The summed E-state index contributed by atoms with van der Waals surface area (Å²) in [6, 6.07) is 4.11. The molecular formula is C37H12Br2F6O18. The van der Waals surface area contributed by atoms with E-state index in [-0.39, 0.29) is 17.7 Å². The van der Waals surface area contributed by atoms with Gasteiger partial charge in [0.25, 0.3) is 5.41 Å². The Bertz CT molecular complexity index is 2830. The van der Waals surface area contributed by atoms with Gasteiger partial charge in [0.15, 0.2) is 17.4 Å². The van der Waals surface area contributed by atoms with Gasteiger partial charge in [-0.15, -0.1) is 0 Å². The van der Waals surface area contributed by atoms with Gasteiger partial charge >= 0.3 is 65.6 Å². The third-order valence-corrected chi connectivity index (χ3v) is 10.8. The molecular weight excluding hydrogens is 1010 g/mol. The van der Waals surface area contributed by atoms with E-state index in [2.05, 4.69) is 46.1 Å². The largest absolute Gasteiger partial charge is 0.480 e. The Morgan fingerprint density at radius 3 is 1.71 bits per heavy atom. The van der Waals surface area contributed by atoms with Gasteiger partial charge in [0.05, 0.1) is 36.8 Å². The summed E-state index contributed by atoms with van der Waals surface area (Å²) in [4.78, 5) is 125. The molecule has 0 saturated heterocycles. The molecule has 2 aliphatic rings. The second kappa shape index (κ2) is 15.5. The lowest BCUT2D eigenvalue weighted by Gasteiger charge is -2.46. The summed E-state index contributed by atoms with van der Waals surface area (Å²) in [6.07, 6.45) is 0. The highest BCUT2D eigenvalue weighted by Crippen LogP contribution is 2.60. The standard InChI is InChI=1S/C37H12Br2F6O18/c38-15-8-10(2-6-16(15)60-25(46)9-1-3-11-14(7-9)29(50)62-26(11)47)36(37(44,45)34(58)59,35(31(52)53,32(54)55)33(56)57)18-21(41)19(39)24(23(43)22(18)42)61-28(49)13-5-4-12-17(20(13)40)30(51)63-27(12)48/h1-8H,(H,52,53)(H,54,55)(H,56,57)(H,58,59). The Labute approximate surface area is 357 Å². The molecule has 4 N–H and O–H groups in total. The van der Waals surface area contributed by atoms with Gasteiger partial charge < -0.3 is 39.4 Å². The summed E-state index contributed by atoms with van der Waals surface area (Å²) in [5.41, 5.74) is -20.5. The molecule has 0 bridgehead atoms. The Morgan fingerprint density at radius 1 is 0.587 bits per heavy atom. The maximum atomic E-state index is 16.8. The monoisotopic (exact) mass is 1020 g/mol. The summed E-state index contributed by atoms with van der Waals surface area (Å²) in [7, 11) is 0. The summed E-state index contributed by atoms with van der Waals surface area (Å²) in [5.74, 6) is -43.2.